The smallest absolute Gasteiger partial charge is 0.147 e. The number of nitrogen functional groups attached to an aromatic ring is 1. The highest BCUT2D eigenvalue weighted by molar-refractivity contribution is 8.00. The molecule has 0 spiro atoms. The second kappa shape index (κ2) is 6.07. The Morgan fingerprint density at radius 2 is 2.11 bits per heavy atom. The first kappa shape index (κ1) is 14.6. The van der Waals surface area contributed by atoms with Gasteiger partial charge in [-0.05, 0) is 25.5 Å². The van der Waals surface area contributed by atoms with Gasteiger partial charge in [-0.15, -0.1) is 0 Å². The van der Waals surface area contributed by atoms with Gasteiger partial charge in [-0.25, -0.2) is 0 Å². The number of nitrogens with two attached hydrogens (primary N) is 1. The monoisotopic (exact) mass is 282 g/mol. The Kier molecular flexibility index (Phi) is 4.66. The van der Waals surface area contributed by atoms with Gasteiger partial charge in [0.2, 0.25) is 0 Å². The van der Waals surface area contributed by atoms with Crippen molar-refractivity contribution in [1.82, 2.24) is 9.78 Å². The molecule has 0 amide bonds. The van der Waals surface area contributed by atoms with E-state index >= 15 is 0 Å². The summed E-state index contributed by atoms with van der Waals surface area (Å²) in [7, 11) is 1.97. The van der Waals surface area contributed by atoms with E-state index < -0.39 is 0 Å². The van der Waals surface area contributed by atoms with Gasteiger partial charge in [0.25, 0.3) is 0 Å². The molecule has 5 heteroatoms. The third kappa shape index (κ3) is 3.02. The lowest BCUT2D eigenvalue weighted by Crippen LogP contribution is -2.30. The Morgan fingerprint density at radius 1 is 1.42 bits per heavy atom. The predicted octanol–water partition coefficient (Wildman–Crippen LogP) is 3.04. The van der Waals surface area contributed by atoms with Crippen LogP contribution in [0, 0.1) is 0 Å². The number of hydrogen-bond acceptors (Lipinski definition) is 4. The fourth-order valence-corrected chi connectivity index (χ4v) is 3.86. The highest BCUT2D eigenvalue weighted by Crippen LogP contribution is 2.40. The highest BCUT2D eigenvalue weighted by atomic mass is 32.2. The molecular formula is C14H26N4S. The number of hydrogen-bond donors (Lipinski definition) is 2. The van der Waals surface area contributed by atoms with Gasteiger partial charge in [-0.1, -0.05) is 26.2 Å². The average molecular weight is 282 g/mol. The van der Waals surface area contributed by atoms with E-state index in [1.807, 2.05) is 23.5 Å². The molecule has 19 heavy (non-hydrogen) atoms. The molecule has 4 nitrogen and oxygen atoms in total. The lowest BCUT2D eigenvalue weighted by atomic mass is 10.1. The molecule has 0 atom stereocenters. The SMILES string of the molecule is CCCc1nn(C)c(NCC2(SC)CCCC2)c1N. The minimum atomic E-state index is 0.391. The zero-order chi connectivity index (χ0) is 13.9. The standard InChI is InChI=1S/C14H26N4S/c1-4-7-11-12(15)13(18(2)17-11)16-10-14(19-3)8-5-6-9-14/h16H,4-10,15H2,1-3H3. The topological polar surface area (TPSA) is 55.9 Å². The van der Waals surface area contributed by atoms with Gasteiger partial charge in [-0.3, -0.25) is 4.68 Å². The molecule has 1 aliphatic carbocycles. The summed E-state index contributed by atoms with van der Waals surface area (Å²) in [4.78, 5) is 0. The molecule has 1 aromatic rings. The number of rotatable bonds is 6. The molecule has 0 unspecified atom stereocenters. The van der Waals surface area contributed by atoms with E-state index in [4.69, 9.17) is 5.73 Å². The number of nitrogens with one attached hydrogen (secondary N) is 1. The molecule has 2 rings (SSSR count). The van der Waals surface area contributed by atoms with Crippen LogP contribution in [0.4, 0.5) is 11.5 Å². The molecule has 1 heterocycles. The van der Waals surface area contributed by atoms with Gasteiger partial charge in [0.15, 0.2) is 0 Å². The van der Waals surface area contributed by atoms with Crippen molar-refractivity contribution in [2.24, 2.45) is 7.05 Å². The first-order valence-electron chi connectivity index (χ1n) is 7.22. The van der Waals surface area contributed by atoms with Crippen LogP contribution in [0.3, 0.4) is 0 Å². The van der Waals surface area contributed by atoms with Crippen LogP contribution in [0.1, 0.15) is 44.7 Å². The maximum Gasteiger partial charge on any atom is 0.147 e. The van der Waals surface area contributed by atoms with Gasteiger partial charge in [0.05, 0.1) is 11.4 Å². The quantitative estimate of drug-likeness (QED) is 0.842. The zero-order valence-corrected chi connectivity index (χ0v) is 13.1. The van der Waals surface area contributed by atoms with Crippen molar-refractivity contribution in [2.75, 3.05) is 23.9 Å². The normalized spacial score (nSPS) is 17.8. The molecule has 108 valence electrons. The first-order valence-corrected chi connectivity index (χ1v) is 8.45. The third-order valence-corrected chi connectivity index (χ3v) is 5.59. The fraction of sp³-hybridized carbons (Fsp3) is 0.786. The van der Waals surface area contributed by atoms with Crippen LogP contribution in [0.15, 0.2) is 0 Å². The Labute approximate surface area is 120 Å². The summed E-state index contributed by atoms with van der Waals surface area (Å²) in [6.45, 7) is 3.14. The van der Waals surface area contributed by atoms with Gasteiger partial charge < -0.3 is 11.1 Å². The van der Waals surface area contributed by atoms with E-state index in [1.165, 1.54) is 25.7 Å². The molecule has 1 saturated carbocycles. The molecule has 0 bridgehead atoms. The summed E-state index contributed by atoms with van der Waals surface area (Å²) >= 11 is 1.99. The summed E-state index contributed by atoms with van der Waals surface area (Å²) in [5, 5.41) is 8.06. The van der Waals surface area contributed by atoms with Crippen LogP contribution in [-0.2, 0) is 13.5 Å². The highest BCUT2D eigenvalue weighted by Gasteiger charge is 2.33. The van der Waals surface area contributed by atoms with E-state index in [2.05, 4.69) is 23.6 Å². The van der Waals surface area contributed by atoms with E-state index in [9.17, 15) is 0 Å². The van der Waals surface area contributed by atoms with Crippen molar-refractivity contribution < 1.29 is 0 Å². The summed E-state index contributed by atoms with van der Waals surface area (Å²) in [6.07, 6.45) is 9.57. The molecule has 0 aliphatic heterocycles. The van der Waals surface area contributed by atoms with Crippen LogP contribution in [0.25, 0.3) is 0 Å². The molecule has 1 fully saturated rings. The van der Waals surface area contributed by atoms with E-state index in [1.54, 1.807) is 0 Å². The zero-order valence-electron chi connectivity index (χ0n) is 12.3. The van der Waals surface area contributed by atoms with Gasteiger partial charge >= 0.3 is 0 Å². The lowest BCUT2D eigenvalue weighted by Gasteiger charge is -2.27. The Hall–Kier alpha value is -0.840. The summed E-state index contributed by atoms with van der Waals surface area (Å²) in [5.74, 6) is 0.990. The van der Waals surface area contributed by atoms with Crippen LogP contribution < -0.4 is 11.1 Å². The maximum atomic E-state index is 6.21. The summed E-state index contributed by atoms with van der Waals surface area (Å²) in [5.41, 5.74) is 8.06. The number of anilines is 2. The van der Waals surface area contributed by atoms with Crippen molar-refractivity contribution in [3.8, 4) is 0 Å². The molecule has 0 radical (unpaired) electrons. The number of aromatic nitrogens is 2. The minimum absolute atomic E-state index is 0.391. The second-order valence-corrected chi connectivity index (χ2v) is 6.80. The van der Waals surface area contributed by atoms with E-state index in [0.29, 0.717) is 4.75 Å². The van der Waals surface area contributed by atoms with Gasteiger partial charge in [-0.2, -0.15) is 16.9 Å². The van der Waals surface area contributed by atoms with Gasteiger partial charge in [0.1, 0.15) is 5.82 Å². The number of nitrogens with zero attached hydrogens (tertiary/aromatic N) is 2. The summed E-state index contributed by atoms with van der Waals surface area (Å²) in [6, 6.07) is 0. The molecule has 1 aromatic heterocycles. The molecule has 3 N–H and O–H groups in total. The Bertz CT molecular complexity index is 421. The summed E-state index contributed by atoms with van der Waals surface area (Å²) < 4.78 is 2.28. The lowest BCUT2D eigenvalue weighted by molar-refractivity contribution is 0.633. The van der Waals surface area contributed by atoms with Gasteiger partial charge in [0, 0.05) is 18.3 Å². The molecular weight excluding hydrogens is 256 g/mol. The van der Waals surface area contributed by atoms with Crippen molar-refractivity contribution in [1.29, 1.82) is 0 Å². The largest absolute Gasteiger partial charge is 0.394 e. The fourth-order valence-electron chi connectivity index (χ4n) is 2.94. The predicted molar refractivity (Wildman–Crippen MR) is 84.8 cm³/mol. The number of thioether (sulfide) groups is 1. The Balaban J connectivity index is 2.06. The molecule has 1 aliphatic rings. The first-order chi connectivity index (χ1) is 9.12. The van der Waals surface area contributed by atoms with Crippen LogP contribution in [0.2, 0.25) is 0 Å². The third-order valence-electron chi connectivity index (χ3n) is 4.17. The van der Waals surface area contributed by atoms with E-state index in [0.717, 1.165) is 36.6 Å². The van der Waals surface area contributed by atoms with Crippen molar-refractivity contribution in [3.05, 3.63) is 5.69 Å². The maximum absolute atomic E-state index is 6.21. The van der Waals surface area contributed by atoms with Crippen LogP contribution in [0.5, 0.6) is 0 Å². The van der Waals surface area contributed by atoms with Crippen LogP contribution >= 0.6 is 11.8 Å². The van der Waals surface area contributed by atoms with Crippen LogP contribution in [-0.4, -0.2) is 27.3 Å². The Morgan fingerprint density at radius 3 is 2.68 bits per heavy atom. The van der Waals surface area contributed by atoms with Crippen molar-refractivity contribution >= 4 is 23.3 Å². The van der Waals surface area contributed by atoms with Crippen molar-refractivity contribution in [2.45, 2.75) is 50.2 Å². The molecule has 0 saturated heterocycles. The minimum Gasteiger partial charge on any atom is -0.394 e. The van der Waals surface area contributed by atoms with Crippen molar-refractivity contribution in [3.63, 3.8) is 0 Å². The second-order valence-electron chi connectivity index (χ2n) is 5.53. The van der Waals surface area contributed by atoms with E-state index in [-0.39, 0.29) is 0 Å². The molecule has 0 aromatic carbocycles. The number of aryl methyl sites for hydroxylation is 2. The average Bonchev–Trinajstić information content (AvgIpc) is 2.96.